The minimum Gasteiger partial charge on any atom is -0.484 e. The Balaban J connectivity index is 1.58. The zero-order chi connectivity index (χ0) is 17.3. The highest BCUT2D eigenvalue weighted by atomic mass is 32.2. The van der Waals surface area contributed by atoms with Crippen molar-refractivity contribution >= 4 is 29.5 Å². The SMILES string of the molecule is CC1=CS[C@H]2C(NC(=O)COc3ccccc3)C(=O)N2C1C(=O)O. The van der Waals surface area contributed by atoms with Gasteiger partial charge in [0, 0.05) is 0 Å². The number of rotatable bonds is 5. The fraction of sp³-hybridized carbons (Fsp3) is 0.312. The van der Waals surface area contributed by atoms with E-state index in [1.165, 1.54) is 16.7 Å². The molecule has 1 aromatic rings. The molecule has 8 heteroatoms. The largest absolute Gasteiger partial charge is 0.484 e. The number of nitrogens with one attached hydrogen (secondary N) is 1. The molecule has 0 aliphatic carbocycles. The van der Waals surface area contributed by atoms with Crippen LogP contribution >= 0.6 is 11.8 Å². The summed E-state index contributed by atoms with van der Waals surface area (Å²) in [4.78, 5) is 36.8. The number of β-lactam (4-membered cyclic amide) rings is 1. The van der Waals surface area contributed by atoms with Gasteiger partial charge in [0.05, 0.1) is 0 Å². The number of hydrogen-bond acceptors (Lipinski definition) is 5. The molecule has 126 valence electrons. The van der Waals surface area contributed by atoms with Crippen LogP contribution in [0.5, 0.6) is 5.75 Å². The van der Waals surface area contributed by atoms with Crippen molar-refractivity contribution in [2.24, 2.45) is 0 Å². The average Bonchev–Trinajstić information content (AvgIpc) is 2.58. The molecule has 1 fully saturated rings. The minimum atomic E-state index is -1.07. The molecule has 2 heterocycles. The van der Waals surface area contributed by atoms with Crippen molar-refractivity contribution in [3.8, 4) is 5.75 Å². The maximum Gasteiger partial charge on any atom is 0.330 e. The summed E-state index contributed by atoms with van der Waals surface area (Å²) in [5.74, 6) is -1.32. The van der Waals surface area contributed by atoms with Crippen LogP contribution in [0, 0.1) is 0 Å². The van der Waals surface area contributed by atoms with Crippen molar-refractivity contribution in [1.29, 1.82) is 0 Å². The van der Waals surface area contributed by atoms with E-state index in [2.05, 4.69) is 5.32 Å². The van der Waals surface area contributed by atoms with Gasteiger partial charge in [-0.2, -0.15) is 0 Å². The van der Waals surface area contributed by atoms with Crippen LogP contribution in [0.4, 0.5) is 0 Å². The van der Waals surface area contributed by atoms with Crippen molar-refractivity contribution < 1.29 is 24.2 Å². The average molecular weight is 348 g/mol. The molecule has 3 rings (SSSR count). The summed E-state index contributed by atoms with van der Waals surface area (Å²) in [6.45, 7) is 1.47. The maximum atomic E-state index is 12.2. The predicted molar refractivity (Wildman–Crippen MR) is 87.3 cm³/mol. The highest BCUT2D eigenvalue weighted by Crippen LogP contribution is 2.39. The molecule has 3 atom stereocenters. The molecular weight excluding hydrogens is 332 g/mol. The Bertz CT molecular complexity index is 706. The lowest BCUT2D eigenvalue weighted by Gasteiger charge is -2.51. The number of carboxylic acid groups (broad SMARTS) is 1. The quantitative estimate of drug-likeness (QED) is 0.765. The van der Waals surface area contributed by atoms with Crippen LogP contribution in [0.2, 0.25) is 0 Å². The number of para-hydroxylation sites is 1. The zero-order valence-electron chi connectivity index (χ0n) is 12.8. The number of carboxylic acids is 1. The maximum absolute atomic E-state index is 12.2. The number of hydrogen-bond donors (Lipinski definition) is 2. The lowest BCUT2D eigenvalue weighted by molar-refractivity contribution is -0.160. The van der Waals surface area contributed by atoms with Crippen molar-refractivity contribution in [1.82, 2.24) is 10.2 Å². The minimum absolute atomic E-state index is 0.206. The third-order valence-electron chi connectivity index (χ3n) is 3.85. The van der Waals surface area contributed by atoms with Gasteiger partial charge in [-0.1, -0.05) is 18.2 Å². The fourth-order valence-corrected chi connectivity index (χ4v) is 3.87. The zero-order valence-corrected chi connectivity index (χ0v) is 13.7. The van der Waals surface area contributed by atoms with Crippen molar-refractivity contribution in [2.45, 2.75) is 24.4 Å². The third kappa shape index (κ3) is 2.96. The molecule has 0 spiro atoms. The van der Waals surface area contributed by atoms with Crippen LogP contribution in [0.3, 0.4) is 0 Å². The summed E-state index contributed by atoms with van der Waals surface area (Å²) in [6, 6.07) is 7.19. The molecule has 0 saturated carbocycles. The normalized spacial score (nSPS) is 25.2. The molecule has 2 N–H and O–H groups in total. The second kappa shape index (κ2) is 6.56. The highest BCUT2D eigenvalue weighted by Gasteiger charge is 2.55. The molecule has 24 heavy (non-hydrogen) atoms. The number of carbonyl (C=O) groups is 3. The Morgan fingerprint density at radius 2 is 2.04 bits per heavy atom. The van der Waals surface area contributed by atoms with Crippen molar-refractivity contribution in [3.05, 3.63) is 41.3 Å². The van der Waals surface area contributed by atoms with Crippen LogP contribution in [-0.2, 0) is 14.4 Å². The van der Waals surface area contributed by atoms with Gasteiger partial charge in [-0.3, -0.25) is 9.59 Å². The van der Waals surface area contributed by atoms with Crippen LogP contribution < -0.4 is 10.1 Å². The van der Waals surface area contributed by atoms with Gasteiger partial charge in [-0.15, -0.1) is 11.8 Å². The Morgan fingerprint density at radius 3 is 2.71 bits per heavy atom. The number of thioether (sulfide) groups is 1. The third-order valence-corrected chi connectivity index (χ3v) is 5.13. The van der Waals surface area contributed by atoms with Gasteiger partial charge in [0.2, 0.25) is 5.91 Å². The van der Waals surface area contributed by atoms with Crippen molar-refractivity contribution in [2.75, 3.05) is 6.61 Å². The van der Waals surface area contributed by atoms with E-state index >= 15 is 0 Å². The number of carbonyl (C=O) groups excluding carboxylic acids is 2. The molecule has 0 radical (unpaired) electrons. The summed E-state index contributed by atoms with van der Waals surface area (Å²) < 4.78 is 5.34. The molecule has 1 aromatic carbocycles. The monoisotopic (exact) mass is 348 g/mol. The summed E-state index contributed by atoms with van der Waals surface area (Å²) in [5.41, 5.74) is 0.606. The van der Waals surface area contributed by atoms with Gasteiger partial charge >= 0.3 is 5.97 Å². The second-order valence-electron chi connectivity index (χ2n) is 5.52. The summed E-state index contributed by atoms with van der Waals surface area (Å²) in [7, 11) is 0. The van der Waals surface area contributed by atoms with E-state index in [9.17, 15) is 19.5 Å². The molecule has 0 bridgehead atoms. The Labute approximate surface area is 142 Å². The number of fused-ring (bicyclic) bond motifs is 1. The number of ether oxygens (including phenoxy) is 1. The first-order valence-corrected chi connectivity index (χ1v) is 8.27. The van der Waals surface area contributed by atoms with E-state index < -0.39 is 29.3 Å². The molecule has 2 unspecified atom stereocenters. The van der Waals surface area contributed by atoms with Crippen LogP contribution in [0.25, 0.3) is 0 Å². The molecule has 7 nitrogen and oxygen atoms in total. The highest BCUT2D eigenvalue weighted by molar-refractivity contribution is 8.02. The van der Waals surface area contributed by atoms with E-state index in [0.29, 0.717) is 11.3 Å². The van der Waals surface area contributed by atoms with Crippen LogP contribution in [-0.4, -0.2) is 51.9 Å². The van der Waals surface area contributed by atoms with E-state index in [0.717, 1.165) is 0 Å². The van der Waals surface area contributed by atoms with Gasteiger partial charge in [0.15, 0.2) is 12.6 Å². The van der Waals surface area contributed by atoms with Crippen LogP contribution in [0.1, 0.15) is 6.92 Å². The standard InChI is InChI=1S/C16H16N2O5S/c1-9-8-24-15-12(14(20)18(15)13(9)16(21)22)17-11(19)7-23-10-5-3-2-4-6-10/h2-6,8,12-13,15H,7H2,1H3,(H,17,19)(H,21,22)/t12?,13?,15-/m0/s1. The van der Waals surface area contributed by atoms with E-state index in [4.69, 9.17) is 4.74 Å². The fourth-order valence-electron chi connectivity index (χ4n) is 2.69. The van der Waals surface area contributed by atoms with Gasteiger partial charge < -0.3 is 20.1 Å². The van der Waals surface area contributed by atoms with Gasteiger partial charge in [0.1, 0.15) is 17.2 Å². The van der Waals surface area contributed by atoms with E-state index in [-0.39, 0.29) is 12.5 Å². The van der Waals surface area contributed by atoms with Gasteiger partial charge in [-0.05, 0) is 30.0 Å². The predicted octanol–water partition coefficient (Wildman–Crippen LogP) is 0.822. The Kier molecular flexibility index (Phi) is 4.48. The lowest BCUT2D eigenvalue weighted by Crippen LogP contribution is -2.74. The Hall–Kier alpha value is -2.48. The summed E-state index contributed by atoms with van der Waals surface area (Å²) in [5, 5.41) is 13.2. The second-order valence-corrected chi connectivity index (χ2v) is 6.51. The Morgan fingerprint density at radius 1 is 1.33 bits per heavy atom. The van der Waals surface area contributed by atoms with E-state index in [1.54, 1.807) is 36.6 Å². The van der Waals surface area contributed by atoms with Crippen LogP contribution in [0.15, 0.2) is 41.3 Å². The molecule has 2 aliphatic heterocycles. The number of benzene rings is 1. The first-order chi connectivity index (χ1) is 11.5. The number of amides is 2. The lowest BCUT2D eigenvalue weighted by atomic mass is 9.99. The molecule has 0 aromatic heterocycles. The first kappa shape index (κ1) is 16.4. The van der Waals surface area contributed by atoms with E-state index in [1.807, 2.05) is 6.07 Å². The summed E-state index contributed by atoms with van der Waals surface area (Å²) >= 11 is 1.33. The van der Waals surface area contributed by atoms with Gasteiger partial charge in [-0.25, -0.2) is 4.79 Å². The molecule has 2 amide bonds. The number of aliphatic carboxylic acids is 1. The molecule has 2 aliphatic rings. The van der Waals surface area contributed by atoms with Gasteiger partial charge in [0.25, 0.3) is 5.91 Å². The molecule has 1 saturated heterocycles. The smallest absolute Gasteiger partial charge is 0.330 e. The first-order valence-electron chi connectivity index (χ1n) is 7.33. The number of nitrogens with zero attached hydrogens (tertiary/aromatic N) is 1. The van der Waals surface area contributed by atoms with Crippen molar-refractivity contribution in [3.63, 3.8) is 0 Å². The summed E-state index contributed by atoms with van der Waals surface area (Å²) in [6.07, 6.45) is 0. The molecular formula is C16H16N2O5S. The topological polar surface area (TPSA) is 95.9 Å².